The largest absolute Gasteiger partial charge is 0.383 e. The van der Waals surface area contributed by atoms with Crippen LogP contribution in [-0.4, -0.2) is 30.2 Å². The van der Waals surface area contributed by atoms with Crippen molar-refractivity contribution in [3.8, 4) is 11.3 Å². The van der Waals surface area contributed by atoms with Gasteiger partial charge in [-0.1, -0.05) is 0 Å². The first-order valence-corrected chi connectivity index (χ1v) is 7.08. The van der Waals surface area contributed by atoms with Gasteiger partial charge in [0.25, 0.3) is 0 Å². The summed E-state index contributed by atoms with van der Waals surface area (Å²) in [5.74, 6) is -0.847. The molecule has 1 aromatic heterocycles. The number of nitro benzene ring substituents is 1. The van der Waals surface area contributed by atoms with Crippen molar-refractivity contribution in [3.63, 3.8) is 0 Å². The molecule has 2 rings (SSSR count). The molecule has 0 spiro atoms. The van der Waals surface area contributed by atoms with Gasteiger partial charge in [-0.15, -0.1) is 11.3 Å². The van der Waals surface area contributed by atoms with Gasteiger partial charge in [0.2, 0.25) is 5.82 Å². The molecule has 2 aromatic rings. The molecule has 112 valence electrons. The van der Waals surface area contributed by atoms with Gasteiger partial charge in [-0.2, -0.15) is 4.39 Å². The summed E-state index contributed by atoms with van der Waals surface area (Å²) < 4.78 is 18.2. The van der Waals surface area contributed by atoms with Gasteiger partial charge < -0.3 is 10.1 Å². The Morgan fingerprint density at radius 3 is 3.05 bits per heavy atom. The van der Waals surface area contributed by atoms with Crippen molar-refractivity contribution in [2.45, 2.75) is 6.54 Å². The summed E-state index contributed by atoms with van der Waals surface area (Å²) in [4.78, 5) is 14.4. The summed E-state index contributed by atoms with van der Waals surface area (Å²) in [5.41, 5.74) is 0.592. The van der Waals surface area contributed by atoms with E-state index in [-0.39, 0.29) is 0 Å². The van der Waals surface area contributed by atoms with Crippen LogP contribution in [0.5, 0.6) is 0 Å². The number of ether oxygens (including phenoxy) is 1. The highest BCUT2D eigenvalue weighted by Gasteiger charge is 2.16. The van der Waals surface area contributed by atoms with Crippen LogP contribution in [0, 0.1) is 15.9 Å². The zero-order valence-electron chi connectivity index (χ0n) is 11.3. The van der Waals surface area contributed by atoms with Crippen LogP contribution in [0.15, 0.2) is 23.6 Å². The van der Waals surface area contributed by atoms with Gasteiger partial charge in [-0.3, -0.25) is 10.1 Å². The Hall–Kier alpha value is -1.90. The molecule has 0 aliphatic rings. The number of aromatic nitrogens is 1. The molecule has 0 aliphatic heterocycles. The number of methoxy groups -OCH3 is 1. The number of rotatable bonds is 7. The molecule has 0 radical (unpaired) electrons. The third-order valence-corrected chi connectivity index (χ3v) is 3.60. The Morgan fingerprint density at radius 2 is 2.33 bits per heavy atom. The lowest BCUT2D eigenvalue weighted by molar-refractivity contribution is -0.387. The van der Waals surface area contributed by atoms with Crippen LogP contribution in [0.2, 0.25) is 0 Å². The van der Waals surface area contributed by atoms with E-state index in [1.165, 1.54) is 23.5 Å². The molecule has 0 fully saturated rings. The second-order valence-corrected chi connectivity index (χ2v) is 5.16. The number of nitrogens with zero attached hydrogens (tertiary/aromatic N) is 2. The Kier molecular flexibility index (Phi) is 5.32. The maximum Gasteiger partial charge on any atom is 0.305 e. The molecule has 21 heavy (non-hydrogen) atoms. The summed E-state index contributed by atoms with van der Waals surface area (Å²) in [7, 11) is 1.63. The second-order valence-electron chi connectivity index (χ2n) is 4.22. The molecule has 1 heterocycles. The summed E-state index contributed by atoms with van der Waals surface area (Å²) in [5, 5.41) is 16.6. The van der Waals surface area contributed by atoms with E-state index < -0.39 is 16.4 Å². The highest BCUT2D eigenvalue weighted by molar-refractivity contribution is 7.09. The molecule has 0 saturated carbocycles. The van der Waals surface area contributed by atoms with Gasteiger partial charge in [0, 0.05) is 37.2 Å². The highest BCUT2D eigenvalue weighted by atomic mass is 32.1. The van der Waals surface area contributed by atoms with Gasteiger partial charge >= 0.3 is 5.69 Å². The van der Waals surface area contributed by atoms with Crippen LogP contribution >= 0.6 is 11.3 Å². The number of hydrogen-bond donors (Lipinski definition) is 1. The number of benzene rings is 1. The zero-order valence-corrected chi connectivity index (χ0v) is 12.2. The monoisotopic (exact) mass is 311 g/mol. The number of halogens is 1. The van der Waals surface area contributed by atoms with Gasteiger partial charge in [-0.25, -0.2) is 4.98 Å². The number of nitrogens with one attached hydrogen (secondary N) is 1. The standard InChI is InChI=1S/C13H14FN3O3S/c1-20-5-4-15-7-13-16-11(8-21-13)9-2-3-10(14)12(6-9)17(18)19/h2-3,6,8,15H,4-5,7H2,1H3. The third-order valence-electron chi connectivity index (χ3n) is 2.75. The molecule has 0 atom stereocenters. The smallest absolute Gasteiger partial charge is 0.305 e. The molecule has 1 N–H and O–H groups in total. The SMILES string of the molecule is COCCNCc1nc(-c2ccc(F)c([N+](=O)[O-])c2)cs1. The highest BCUT2D eigenvalue weighted by Crippen LogP contribution is 2.27. The lowest BCUT2D eigenvalue weighted by Gasteiger charge is -2.00. The lowest BCUT2D eigenvalue weighted by Crippen LogP contribution is -2.18. The van der Waals surface area contributed by atoms with Crippen LogP contribution in [0.25, 0.3) is 11.3 Å². The van der Waals surface area contributed by atoms with Crippen LogP contribution in [0.3, 0.4) is 0 Å². The molecular formula is C13H14FN3O3S. The summed E-state index contributed by atoms with van der Waals surface area (Å²) in [6, 6.07) is 3.77. The van der Waals surface area contributed by atoms with E-state index in [4.69, 9.17) is 4.74 Å². The van der Waals surface area contributed by atoms with E-state index in [1.54, 1.807) is 12.5 Å². The van der Waals surface area contributed by atoms with Crippen molar-refractivity contribution in [3.05, 3.63) is 44.5 Å². The predicted octanol–water partition coefficient (Wildman–Crippen LogP) is 2.59. The molecule has 0 amide bonds. The van der Waals surface area contributed by atoms with Gasteiger partial charge in [0.15, 0.2) is 0 Å². The average molecular weight is 311 g/mol. The third kappa shape index (κ3) is 4.03. The molecule has 0 aliphatic carbocycles. The van der Waals surface area contributed by atoms with Crippen molar-refractivity contribution in [2.75, 3.05) is 20.3 Å². The van der Waals surface area contributed by atoms with Crippen molar-refractivity contribution in [1.29, 1.82) is 0 Å². The fourth-order valence-electron chi connectivity index (χ4n) is 1.71. The van der Waals surface area contributed by atoms with Crippen LogP contribution in [0.1, 0.15) is 5.01 Å². The first-order valence-electron chi connectivity index (χ1n) is 6.20. The molecule has 0 saturated heterocycles. The number of nitro groups is 1. The molecule has 1 aromatic carbocycles. The van der Waals surface area contributed by atoms with Crippen LogP contribution < -0.4 is 5.32 Å². The molecule has 0 bridgehead atoms. The first-order chi connectivity index (χ1) is 10.1. The number of hydrogen-bond acceptors (Lipinski definition) is 6. The molecule has 6 nitrogen and oxygen atoms in total. The summed E-state index contributed by atoms with van der Waals surface area (Å²) in [6.45, 7) is 1.92. The minimum Gasteiger partial charge on any atom is -0.383 e. The Morgan fingerprint density at radius 1 is 1.52 bits per heavy atom. The van der Waals surface area contributed by atoms with Crippen molar-refractivity contribution < 1.29 is 14.1 Å². The van der Waals surface area contributed by atoms with E-state index >= 15 is 0 Å². The maximum atomic E-state index is 13.3. The van der Waals surface area contributed by atoms with Crippen molar-refractivity contribution in [2.24, 2.45) is 0 Å². The molecular weight excluding hydrogens is 297 g/mol. The van der Waals surface area contributed by atoms with E-state index in [1.807, 2.05) is 0 Å². The minimum absolute atomic E-state index is 0.530. The Balaban J connectivity index is 2.10. The van der Waals surface area contributed by atoms with E-state index in [0.717, 1.165) is 11.1 Å². The fraction of sp³-hybridized carbons (Fsp3) is 0.308. The normalized spacial score (nSPS) is 10.8. The Labute approximate surface area is 124 Å². The Bertz CT molecular complexity index is 633. The zero-order chi connectivity index (χ0) is 15.2. The molecule has 8 heteroatoms. The van der Waals surface area contributed by atoms with Gasteiger partial charge in [-0.05, 0) is 12.1 Å². The van der Waals surface area contributed by atoms with Crippen LogP contribution in [0.4, 0.5) is 10.1 Å². The van der Waals surface area contributed by atoms with E-state index in [0.29, 0.717) is 31.0 Å². The maximum absolute atomic E-state index is 13.3. The predicted molar refractivity (Wildman–Crippen MR) is 77.7 cm³/mol. The van der Waals surface area contributed by atoms with Gasteiger partial charge in [0.1, 0.15) is 5.01 Å². The van der Waals surface area contributed by atoms with E-state index in [9.17, 15) is 14.5 Å². The second kappa shape index (κ2) is 7.21. The topological polar surface area (TPSA) is 77.3 Å². The summed E-state index contributed by atoms with van der Waals surface area (Å²) in [6.07, 6.45) is 0. The number of thiazole rings is 1. The van der Waals surface area contributed by atoms with Crippen LogP contribution in [-0.2, 0) is 11.3 Å². The average Bonchev–Trinajstić information content (AvgIpc) is 2.92. The first kappa shape index (κ1) is 15.5. The van der Waals surface area contributed by atoms with Crippen molar-refractivity contribution in [1.82, 2.24) is 10.3 Å². The lowest BCUT2D eigenvalue weighted by atomic mass is 10.1. The van der Waals surface area contributed by atoms with E-state index in [2.05, 4.69) is 10.3 Å². The fourth-order valence-corrected chi connectivity index (χ4v) is 2.48. The van der Waals surface area contributed by atoms with Gasteiger partial charge in [0.05, 0.1) is 17.2 Å². The molecule has 0 unspecified atom stereocenters. The minimum atomic E-state index is -0.847. The summed E-state index contributed by atoms with van der Waals surface area (Å²) >= 11 is 1.44. The quantitative estimate of drug-likeness (QED) is 0.483. The van der Waals surface area contributed by atoms with Crippen molar-refractivity contribution >= 4 is 17.0 Å².